The predicted molar refractivity (Wildman–Crippen MR) is 98.5 cm³/mol. The molecule has 1 fully saturated rings. The van der Waals surface area contributed by atoms with Crippen LogP contribution in [0.1, 0.15) is 40.4 Å². The molecule has 2 aromatic rings. The highest BCUT2D eigenvalue weighted by atomic mass is 35.5. The summed E-state index contributed by atoms with van der Waals surface area (Å²) in [5.74, 6) is -1.07. The molecule has 0 bridgehead atoms. The number of benzene rings is 2. The molecule has 1 N–H and O–H groups in total. The molecule has 0 aromatic heterocycles. The number of likely N-dealkylation sites (tertiary alicyclic amines) is 1. The SMILES string of the molecule is Cc1ccc(C(CNC(=O)c2c(F)cccc2Cl)N2CCCC2)cc1. The van der Waals surface area contributed by atoms with Gasteiger partial charge in [-0.3, -0.25) is 9.69 Å². The Morgan fingerprint density at radius 3 is 2.52 bits per heavy atom. The van der Waals surface area contributed by atoms with Gasteiger partial charge in [0.2, 0.25) is 0 Å². The monoisotopic (exact) mass is 360 g/mol. The van der Waals surface area contributed by atoms with Crippen LogP contribution in [-0.2, 0) is 0 Å². The lowest BCUT2D eigenvalue weighted by Gasteiger charge is -2.28. The third-order valence-electron chi connectivity index (χ3n) is 4.69. The van der Waals surface area contributed by atoms with Gasteiger partial charge in [0, 0.05) is 6.54 Å². The summed E-state index contributed by atoms with van der Waals surface area (Å²) in [6.07, 6.45) is 2.32. The highest BCUT2D eigenvalue weighted by Gasteiger charge is 2.25. The number of rotatable bonds is 5. The molecule has 25 heavy (non-hydrogen) atoms. The van der Waals surface area contributed by atoms with E-state index >= 15 is 0 Å². The quantitative estimate of drug-likeness (QED) is 0.859. The fourth-order valence-electron chi connectivity index (χ4n) is 3.29. The summed E-state index contributed by atoms with van der Waals surface area (Å²) in [6.45, 7) is 4.49. The third kappa shape index (κ3) is 4.20. The predicted octanol–water partition coefficient (Wildman–Crippen LogP) is 4.35. The normalized spacial score (nSPS) is 16.0. The van der Waals surface area contributed by atoms with Crippen molar-refractivity contribution in [2.45, 2.75) is 25.8 Å². The Kier molecular flexibility index (Phi) is 5.71. The van der Waals surface area contributed by atoms with Crippen LogP contribution in [0.3, 0.4) is 0 Å². The van der Waals surface area contributed by atoms with Gasteiger partial charge in [-0.25, -0.2) is 4.39 Å². The minimum Gasteiger partial charge on any atom is -0.350 e. The number of hydrogen-bond acceptors (Lipinski definition) is 2. The van der Waals surface area contributed by atoms with E-state index in [4.69, 9.17) is 11.6 Å². The average molecular weight is 361 g/mol. The second-order valence-electron chi connectivity index (χ2n) is 6.48. The Morgan fingerprint density at radius 2 is 1.88 bits per heavy atom. The molecule has 1 aliphatic heterocycles. The third-order valence-corrected chi connectivity index (χ3v) is 5.00. The molecule has 1 heterocycles. The van der Waals surface area contributed by atoms with E-state index < -0.39 is 11.7 Å². The van der Waals surface area contributed by atoms with Crippen molar-refractivity contribution in [1.29, 1.82) is 0 Å². The number of carbonyl (C=O) groups is 1. The van der Waals surface area contributed by atoms with Crippen molar-refractivity contribution in [3.63, 3.8) is 0 Å². The van der Waals surface area contributed by atoms with Gasteiger partial charge < -0.3 is 5.32 Å². The van der Waals surface area contributed by atoms with Gasteiger partial charge in [-0.2, -0.15) is 0 Å². The number of nitrogens with one attached hydrogen (secondary N) is 1. The van der Waals surface area contributed by atoms with Crippen molar-refractivity contribution in [3.05, 3.63) is 70.0 Å². The van der Waals surface area contributed by atoms with E-state index in [2.05, 4.69) is 41.4 Å². The van der Waals surface area contributed by atoms with Crippen molar-refractivity contribution in [1.82, 2.24) is 10.2 Å². The lowest BCUT2D eigenvalue weighted by Crippen LogP contribution is -2.37. The number of carbonyl (C=O) groups excluding carboxylic acids is 1. The largest absolute Gasteiger partial charge is 0.350 e. The fourth-order valence-corrected chi connectivity index (χ4v) is 3.54. The van der Waals surface area contributed by atoms with Crippen LogP contribution in [0, 0.1) is 12.7 Å². The van der Waals surface area contributed by atoms with Crippen LogP contribution in [0.5, 0.6) is 0 Å². The zero-order valence-corrected chi connectivity index (χ0v) is 15.0. The average Bonchev–Trinajstić information content (AvgIpc) is 3.11. The molecule has 2 aromatic carbocycles. The molecule has 3 rings (SSSR count). The van der Waals surface area contributed by atoms with Crippen LogP contribution >= 0.6 is 11.6 Å². The molecule has 1 atom stereocenters. The highest BCUT2D eigenvalue weighted by Crippen LogP contribution is 2.25. The van der Waals surface area contributed by atoms with Crippen molar-refractivity contribution in [3.8, 4) is 0 Å². The zero-order valence-electron chi connectivity index (χ0n) is 14.3. The molecule has 0 spiro atoms. The summed E-state index contributed by atoms with van der Waals surface area (Å²) in [7, 11) is 0. The van der Waals surface area contributed by atoms with Crippen LogP contribution in [0.25, 0.3) is 0 Å². The van der Waals surface area contributed by atoms with Gasteiger partial charge in [0.15, 0.2) is 0 Å². The van der Waals surface area contributed by atoms with Crippen LogP contribution in [-0.4, -0.2) is 30.4 Å². The lowest BCUT2D eigenvalue weighted by atomic mass is 10.0. The first kappa shape index (κ1) is 17.9. The molecule has 1 unspecified atom stereocenters. The minimum atomic E-state index is -0.599. The van der Waals surface area contributed by atoms with Crippen LogP contribution in [0.2, 0.25) is 5.02 Å². The number of hydrogen-bond donors (Lipinski definition) is 1. The van der Waals surface area contributed by atoms with Gasteiger partial charge in [-0.1, -0.05) is 47.5 Å². The Bertz CT molecular complexity index is 722. The minimum absolute atomic E-state index is 0.0811. The van der Waals surface area contributed by atoms with Crippen molar-refractivity contribution in [2.24, 2.45) is 0 Å². The molecular formula is C20H22ClFN2O. The summed E-state index contributed by atoms with van der Waals surface area (Å²) in [5.41, 5.74) is 2.27. The molecule has 0 aliphatic carbocycles. The first-order chi connectivity index (χ1) is 12.1. The van der Waals surface area contributed by atoms with Crippen molar-refractivity contribution in [2.75, 3.05) is 19.6 Å². The summed E-state index contributed by atoms with van der Waals surface area (Å²) in [6, 6.07) is 12.7. The van der Waals surface area contributed by atoms with E-state index in [1.165, 1.54) is 23.8 Å². The molecule has 132 valence electrons. The Balaban J connectivity index is 1.76. The van der Waals surface area contributed by atoms with Gasteiger partial charge in [0.1, 0.15) is 5.82 Å². The van der Waals surface area contributed by atoms with E-state index in [0.29, 0.717) is 6.54 Å². The summed E-state index contributed by atoms with van der Waals surface area (Å²) in [4.78, 5) is 14.8. The molecule has 3 nitrogen and oxygen atoms in total. The molecule has 1 saturated heterocycles. The maximum absolute atomic E-state index is 13.9. The maximum Gasteiger partial charge on any atom is 0.255 e. The molecule has 5 heteroatoms. The topological polar surface area (TPSA) is 32.3 Å². The van der Waals surface area contributed by atoms with E-state index in [0.717, 1.165) is 31.5 Å². The fraction of sp³-hybridized carbons (Fsp3) is 0.350. The second-order valence-corrected chi connectivity index (χ2v) is 6.88. The Hall–Kier alpha value is -1.91. The van der Waals surface area contributed by atoms with E-state index in [-0.39, 0.29) is 16.6 Å². The molecule has 0 radical (unpaired) electrons. The summed E-state index contributed by atoms with van der Waals surface area (Å²) >= 11 is 5.99. The maximum atomic E-state index is 13.9. The van der Waals surface area contributed by atoms with Gasteiger partial charge in [0.25, 0.3) is 5.91 Å². The van der Waals surface area contributed by atoms with E-state index in [9.17, 15) is 9.18 Å². The summed E-state index contributed by atoms with van der Waals surface area (Å²) in [5, 5.41) is 3.00. The van der Waals surface area contributed by atoms with Gasteiger partial charge in [0.05, 0.1) is 16.6 Å². The smallest absolute Gasteiger partial charge is 0.255 e. The zero-order chi connectivity index (χ0) is 17.8. The van der Waals surface area contributed by atoms with Crippen LogP contribution in [0.4, 0.5) is 4.39 Å². The van der Waals surface area contributed by atoms with E-state index in [1.807, 2.05) is 0 Å². The van der Waals surface area contributed by atoms with Crippen molar-refractivity contribution >= 4 is 17.5 Å². The number of halogens is 2. The van der Waals surface area contributed by atoms with Gasteiger partial charge in [-0.15, -0.1) is 0 Å². The Labute approximate surface area is 152 Å². The van der Waals surface area contributed by atoms with Crippen LogP contribution in [0.15, 0.2) is 42.5 Å². The van der Waals surface area contributed by atoms with Crippen LogP contribution < -0.4 is 5.32 Å². The molecule has 1 aliphatic rings. The lowest BCUT2D eigenvalue weighted by molar-refractivity contribution is 0.0934. The molecule has 0 saturated carbocycles. The highest BCUT2D eigenvalue weighted by molar-refractivity contribution is 6.33. The standard InChI is InChI=1S/C20H22ClFN2O/c1-14-7-9-15(10-8-14)18(24-11-2-3-12-24)13-23-20(25)19-16(21)5-4-6-17(19)22/h4-10,18H,2-3,11-13H2,1H3,(H,23,25). The first-order valence-electron chi connectivity index (χ1n) is 8.59. The van der Waals surface area contributed by atoms with Gasteiger partial charge >= 0.3 is 0 Å². The first-order valence-corrected chi connectivity index (χ1v) is 8.97. The van der Waals surface area contributed by atoms with Gasteiger partial charge in [-0.05, 0) is 50.6 Å². The molecule has 1 amide bonds. The number of amides is 1. The number of aryl methyl sites for hydroxylation is 1. The number of nitrogens with zero attached hydrogens (tertiary/aromatic N) is 1. The van der Waals surface area contributed by atoms with Crippen molar-refractivity contribution < 1.29 is 9.18 Å². The summed E-state index contributed by atoms with van der Waals surface area (Å²) < 4.78 is 13.9. The second kappa shape index (κ2) is 7.98. The Morgan fingerprint density at radius 1 is 1.20 bits per heavy atom. The van der Waals surface area contributed by atoms with E-state index in [1.54, 1.807) is 0 Å². The molecular weight excluding hydrogens is 339 g/mol.